The Hall–Kier alpha value is -0.730. The molecule has 1 spiro atoms. The number of methoxy groups -OCH3 is 1. The molecule has 1 aromatic rings. The monoisotopic (exact) mass is 251 g/mol. The third-order valence-corrected chi connectivity index (χ3v) is 4.52. The first-order valence-electron chi connectivity index (χ1n) is 6.26. The van der Waals surface area contributed by atoms with Crippen molar-refractivity contribution in [2.24, 2.45) is 5.41 Å². The predicted octanol–water partition coefficient (Wildman–Crippen LogP) is 3.21. The second-order valence-electron chi connectivity index (χ2n) is 5.47. The van der Waals surface area contributed by atoms with E-state index in [1.165, 1.54) is 37.9 Å². The third-order valence-electron chi connectivity index (χ3n) is 4.30. The van der Waals surface area contributed by atoms with Crippen molar-refractivity contribution in [1.29, 1.82) is 0 Å². The van der Waals surface area contributed by atoms with Gasteiger partial charge in [-0.05, 0) is 54.4 Å². The molecule has 0 radical (unpaired) electrons. The van der Waals surface area contributed by atoms with Crippen LogP contribution >= 0.6 is 11.6 Å². The van der Waals surface area contributed by atoms with Crippen LogP contribution in [0.3, 0.4) is 0 Å². The summed E-state index contributed by atoms with van der Waals surface area (Å²) in [7, 11) is 1.70. The van der Waals surface area contributed by atoms with E-state index in [9.17, 15) is 0 Å². The molecular weight excluding hydrogens is 234 g/mol. The van der Waals surface area contributed by atoms with Crippen LogP contribution in [0.5, 0.6) is 5.75 Å². The topological polar surface area (TPSA) is 21.3 Å². The summed E-state index contributed by atoms with van der Waals surface area (Å²) in [6.07, 6.45) is 3.92. The lowest BCUT2D eigenvalue weighted by Crippen LogP contribution is -2.51. The highest BCUT2D eigenvalue weighted by Gasteiger charge is 2.43. The summed E-state index contributed by atoms with van der Waals surface area (Å²) in [6, 6.07) is 6.11. The maximum absolute atomic E-state index is 6.13. The standard InChI is InChI=1S/C14H18ClNO/c1-17-13-5-11(4-12(15)6-13)10-2-3-14(7-10)8-16-9-14/h4-6,10,16H,2-3,7-9H2,1H3. The van der Waals surface area contributed by atoms with Crippen molar-refractivity contribution in [3.63, 3.8) is 0 Å². The van der Waals surface area contributed by atoms with Gasteiger partial charge in [0.2, 0.25) is 0 Å². The van der Waals surface area contributed by atoms with Gasteiger partial charge in [0.1, 0.15) is 5.75 Å². The molecule has 3 heteroatoms. The molecule has 3 rings (SSSR count). The first kappa shape index (κ1) is 11.4. The summed E-state index contributed by atoms with van der Waals surface area (Å²) in [5.74, 6) is 1.53. The number of hydrogen-bond acceptors (Lipinski definition) is 2. The van der Waals surface area contributed by atoms with Crippen LogP contribution < -0.4 is 10.1 Å². The van der Waals surface area contributed by atoms with Gasteiger partial charge in [-0.25, -0.2) is 0 Å². The molecule has 0 bridgehead atoms. The molecule has 1 unspecified atom stereocenters. The second kappa shape index (κ2) is 4.18. The van der Waals surface area contributed by atoms with E-state index < -0.39 is 0 Å². The zero-order chi connectivity index (χ0) is 11.9. The van der Waals surface area contributed by atoms with Crippen LogP contribution in [0.15, 0.2) is 18.2 Å². The Kier molecular flexibility index (Phi) is 2.80. The van der Waals surface area contributed by atoms with Crippen molar-refractivity contribution < 1.29 is 4.74 Å². The average Bonchev–Trinajstić information content (AvgIpc) is 2.73. The van der Waals surface area contributed by atoms with Gasteiger partial charge in [0.15, 0.2) is 0 Å². The van der Waals surface area contributed by atoms with Gasteiger partial charge < -0.3 is 10.1 Å². The van der Waals surface area contributed by atoms with Crippen molar-refractivity contribution >= 4 is 11.6 Å². The lowest BCUT2D eigenvalue weighted by atomic mass is 9.79. The summed E-state index contributed by atoms with van der Waals surface area (Å²) in [5, 5.41) is 4.18. The van der Waals surface area contributed by atoms with Crippen molar-refractivity contribution in [3.8, 4) is 5.75 Å². The number of ether oxygens (including phenoxy) is 1. The molecule has 1 aliphatic carbocycles. The lowest BCUT2D eigenvalue weighted by molar-refractivity contribution is 0.175. The third kappa shape index (κ3) is 2.04. The molecule has 1 saturated heterocycles. The second-order valence-corrected chi connectivity index (χ2v) is 5.90. The summed E-state index contributed by atoms with van der Waals surface area (Å²) in [6.45, 7) is 2.39. The number of nitrogens with one attached hydrogen (secondary N) is 1. The molecule has 2 fully saturated rings. The highest BCUT2D eigenvalue weighted by Crippen LogP contribution is 2.49. The van der Waals surface area contributed by atoms with Crippen LogP contribution in [0, 0.1) is 5.41 Å². The van der Waals surface area contributed by atoms with Crippen LogP contribution in [0.4, 0.5) is 0 Å². The first-order valence-corrected chi connectivity index (χ1v) is 6.64. The molecular formula is C14H18ClNO. The zero-order valence-electron chi connectivity index (χ0n) is 10.1. The minimum atomic E-state index is 0.584. The fraction of sp³-hybridized carbons (Fsp3) is 0.571. The van der Waals surface area contributed by atoms with Crippen LogP contribution in [-0.4, -0.2) is 20.2 Å². The van der Waals surface area contributed by atoms with Crippen LogP contribution in [0.1, 0.15) is 30.7 Å². The highest BCUT2D eigenvalue weighted by atomic mass is 35.5. The normalized spacial score (nSPS) is 25.9. The molecule has 2 nitrogen and oxygen atoms in total. The Labute approximate surface area is 107 Å². The molecule has 0 amide bonds. The van der Waals surface area contributed by atoms with E-state index in [-0.39, 0.29) is 0 Å². The summed E-state index contributed by atoms with van der Waals surface area (Å²) < 4.78 is 5.29. The summed E-state index contributed by atoms with van der Waals surface area (Å²) in [5.41, 5.74) is 1.93. The van der Waals surface area contributed by atoms with E-state index in [0.717, 1.165) is 10.8 Å². The fourth-order valence-corrected chi connectivity index (χ4v) is 3.46. The van der Waals surface area contributed by atoms with Crippen molar-refractivity contribution in [2.45, 2.75) is 25.2 Å². The van der Waals surface area contributed by atoms with Gasteiger partial charge in [0, 0.05) is 18.1 Å². The molecule has 1 aromatic carbocycles. The largest absolute Gasteiger partial charge is 0.497 e. The minimum Gasteiger partial charge on any atom is -0.497 e. The molecule has 2 aliphatic rings. The number of benzene rings is 1. The SMILES string of the molecule is COc1cc(Cl)cc(C2CCC3(CNC3)C2)c1. The van der Waals surface area contributed by atoms with Crippen LogP contribution in [0.25, 0.3) is 0 Å². The van der Waals surface area contributed by atoms with E-state index in [2.05, 4.69) is 17.4 Å². The average molecular weight is 252 g/mol. The van der Waals surface area contributed by atoms with Gasteiger partial charge in [-0.2, -0.15) is 0 Å². The van der Waals surface area contributed by atoms with Gasteiger partial charge in [0.25, 0.3) is 0 Å². The van der Waals surface area contributed by atoms with E-state index in [0.29, 0.717) is 11.3 Å². The quantitative estimate of drug-likeness (QED) is 0.872. The van der Waals surface area contributed by atoms with E-state index in [4.69, 9.17) is 16.3 Å². The molecule has 0 aromatic heterocycles. The van der Waals surface area contributed by atoms with E-state index in [1.807, 2.05) is 6.07 Å². The minimum absolute atomic E-state index is 0.584. The molecule has 17 heavy (non-hydrogen) atoms. The Balaban J connectivity index is 1.82. The summed E-state index contributed by atoms with van der Waals surface area (Å²) >= 11 is 6.13. The Bertz CT molecular complexity index is 428. The molecule has 1 heterocycles. The molecule has 1 saturated carbocycles. The Morgan fingerprint density at radius 2 is 2.18 bits per heavy atom. The van der Waals surface area contributed by atoms with Crippen molar-refractivity contribution in [2.75, 3.05) is 20.2 Å². The smallest absolute Gasteiger partial charge is 0.120 e. The lowest BCUT2D eigenvalue weighted by Gasteiger charge is -2.39. The van der Waals surface area contributed by atoms with Gasteiger partial charge in [-0.1, -0.05) is 11.6 Å². The molecule has 1 atom stereocenters. The molecule has 1 aliphatic heterocycles. The van der Waals surface area contributed by atoms with Crippen molar-refractivity contribution in [3.05, 3.63) is 28.8 Å². The predicted molar refractivity (Wildman–Crippen MR) is 69.9 cm³/mol. The van der Waals surface area contributed by atoms with E-state index >= 15 is 0 Å². The maximum atomic E-state index is 6.13. The van der Waals surface area contributed by atoms with Gasteiger partial charge in [0.05, 0.1) is 7.11 Å². The molecule has 92 valence electrons. The number of rotatable bonds is 2. The Morgan fingerprint density at radius 3 is 2.76 bits per heavy atom. The van der Waals surface area contributed by atoms with Crippen molar-refractivity contribution in [1.82, 2.24) is 5.32 Å². The first-order chi connectivity index (χ1) is 8.21. The Morgan fingerprint density at radius 1 is 1.35 bits per heavy atom. The zero-order valence-corrected chi connectivity index (χ0v) is 10.9. The van der Waals surface area contributed by atoms with Gasteiger partial charge >= 0.3 is 0 Å². The van der Waals surface area contributed by atoms with Crippen LogP contribution in [-0.2, 0) is 0 Å². The summed E-state index contributed by atoms with van der Waals surface area (Å²) in [4.78, 5) is 0. The maximum Gasteiger partial charge on any atom is 0.120 e. The van der Waals surface area contributed by atoms with Gasteiger partial charge in [-0.3, -0.25) is 0 Å². The van der Waals surface area contributed by atoms with E-state index in [1.54, 1.807) is 7.11 Å². The highest BCUT2D eigenvalue weighted by molar-refractivity contribution is 6.30. The number of halogens is 1. The van der Waals surface area contributed by atoms with Gasteiger partial charge in [-0.15, -0.1) is 0 Å². The fourth-order valence-electron chi connectivity index (χ4n) is 3.23. The van der Waals surface area contributed by atoms with Crippen LogP contribution in [0.2, 0.25) is 5.02 Å². The molecule has 1 N–H and O–H groups in total. The number of hydrogen-bond donors (Lipinski definition) is 1.